The average molecular weight is 300 g/mol. The van der Waals surface area contributed by atoms with Gasteiger partial charge in [-0.15, -0.1) is 0 Å². The molecule has 0 amide bonds. The molecule has 0 aliphatic heterocycles. The maximum atomic E-state index is 14.1. The molecule has 112 valence electrons. The van der Waals surface area contributed by atoms with Crippen LogP contribution in [0.15, 0.2) is 23.1 Å². The molecule has 1 fully saturated rings. The summed E-state index contributed by atoms with van der Waals surface area (Å²) in [6.45, 7) is 4.53. The van der Waals surface area contributed by atoms with Gasteiger partial charge in [0.1, 0.15) is 10.7 Å². The molecule has 0 heterocycles. The van der Waals surface area contributed by atoms with Crippen molar-refractivity contribution in [2.24, 2.45) is 11.7 Å². The molecule has 20 heavy (non-hydrogen) atoms. The number of hydrogen-bond donors (Lipinski definition) is 1. The van der Waals surface area contributed by atoms with Crippen molar-refractivity contribution >= 4 is 10.0 Å². The van der Waals surface area contributed by atoms with Crippen LogP contribution in [0.2, 0.25) is 0 Å². The average Bonchev–Trinajstić information content (AvgIpc) is 3.19. The smallest absolute Gasteiger partial charge is 0.246 e. The molecule has 4 nitrogen and oxygen atoms in total. The molecule has 1 aromatic rings. The minimum Gasteiger partial charge on any atom is -0.326 e. The second-order valence-corrected chi connectivity index (χ2v) is 7.53. The molecule has 0 radical (unpaired) electrons. The first-order valence-corrected chi connectivity index (χ1v) is 8.30. The van der Waals surface area contributed by atoms with E-state index in [9.17, 15) is 12.8 Å². The van der Waals surface area contributed by atoms with Crippen LogP contribution in [-0.2, 0) is 16.6 Å². The Hall–Kier alpha value is -0.980. The summed E-state index contributed by atoms with van der Waals surface area (Å²) in [4.78, 5) is -0.248. The first kappa shape index (κ1) is 15.4. The first-order chi connectivity index (χ1) is 9.36. The van der Waals surface area contributed by atoms with Crippen LogP contribution in [0.3, 0.4) is 0 Å². The van der Waals surface area contributed by atoms with E-state index in [4.69, 9.17) is 5.73 Å². The Kier molecular flexibility index (Phi) is 4.46. The monoisotopic (exact) mass is 300 g/mol. The van der Waals surface area contributed by atoms with Crippen molar-refractivity contribution in [2.75, 3.05) is 6.54 Å². The van der Waals surface area contributed by atoms with E-state index >= 15 is 0 Å². The summed E-state index contributed by atoms with van der Waals surface area (Å²) in [7, 11) is -3.77. The molecule has 0 saturated heterocycles. The van der Waals surface area contributed by atoms with Crippen LogP contribution >= 0.6 is 0 Å². The van der Waals surface area contributed by atoms with E-state index in [1.54, 1.807) is 6.07 Å². The maximum Gasteiger partial charge on any atom is 0.246 e. The molecule has 1 aliphatic rings. The molecular weight excluding hydrogens is 279 g/mol. The third kappa shape index (κ3) is 3.19. The topological polar surface area (TPSA) is 63.4 Å². The van der Waals surface area contributed by atoms with Crippen LogP contribution in [0.25, 0.3) is 0 Å². The predicted octanol–water partition coefficient (Wildman–Crippen LogP) is 2.09. The van der Waals surface area contributed by atoms with Crippen molar-refractivity contribution in [3.8, 4) is 0 Å². The molecule has 0 bridgehead atoms. The highest BCUT2D eigenvalue weighted by Gasteiger charge is 2.39. The molecule has 0 aromatic heterocycles. The van der Waals surface area contributed by atoms with Gasteiger partial charge in [0.05, 0.1) is 0 Å². The Labute approximate surface area is 119 Å². The summed E-state index contributed by atoms with van der Waals surface area (Å²) < 4.78 is 40.7. The number of nitrogens with zero attached hydrogens (tertiary/aromatic N) is 1. The minimum atomic E-state index is -3.77. The molecular formula is C14H21FN2O2S. The molecule has 1 aromatic carbocycles. The van der Waals surface area contributed by atoms with E-state index < -0.39 is 15.8 Å². The summed E-state index contributed by atoms with van der Waals surface area (Å²) in [6.07, 6.45) is 1.71. The second-order valence-electron chi connectivity index (χ2n) is 5.67. The number of benzene rings is 1. The summed E-state index contributed by atoms with van der Waals surface area (Å²) in [5.41, 5.74) is 6.02. The number of hydrogen-bond acceptors (Lipinski definition) is 3. The molecule has 0 spiro atoms. The third-order valence-corrected chi connectivity index (χ3v) is 5.27. The number of rotatable bonds is 6. The second kappa shape index (κ2) is 5.79. The highest BCUT2D eigenvalue weighted by molar-refractivity contribution is 7.89. The van der Waals surface area contributed by atoms with E-state index in [0.717, 1.165) is 12.8 Å². The van der Waals surface area contributed by atoms with E-state index in [1.807, 2.05) is 13.8 Å². The van der Waals surface area contributed by atoms with Crippen molar-refractivity contribution in [1.29, 1.82) is 0 Å². The van der Waals surface area contributed by atoms with Crippen LogP contribution in [0.5, 0.6) is 0 Å². The van der Waals surface area contributed by atoms with Crippen LogP contribution in [0.4, 0.5) is 4.39 Å². The van der Waals surface area contributed by atoms with Gasteiger partial charge in [0, 0.05) is 19.1 Å². The molecule has 2 rings (SSSR count). The normalized spacial score (nSPS) is 16.1. The lowest BCUT2D eigenvalue weighted by Gasteiger charge is -2.24. The molecule has 1 saturated carbocycles. The first-order valence-electron chi connectivity index (χ1n) is 6.86. The number of halogens is 1. The fourth-order valence-electron chi connectivity index (χ4n) is 2.17. The van der Waals surface area contributed by atoms with Gasteiger partial charge in [-0.05, 0) is 36.5 Å². The number of nitrogens with two attached hydrogens (primary N) is 1. The fourth-order valence-corrected chi connectivity index (χ4v) is 4.07. The van der Waals surface area contributed by atoms with Crippen molar-refractivity contribution in [2.45, 2.75) is 44.2 Å². The predicted molar refractivity (Wildman–Crippen MR) is 76.0 cm³/mol. The summed E-state index contributed by atoms with van der Waals surface area (Å²) >= 11 is 0. The van der Waals surface area contributed by atoms with Crippen molar-refractivity contribution in [1.82, 2.24) is 4.31 Å². The summed E-state index contributed by atoms with van der Waals surface area (Å²) in [5.74, 6) is -0.515. The van der Waals surface area contributed by atoms with Gasteiger partial charge in [-0.1, -0.05) is 19.9 Å². The molecule has 0 atom stereocenters. The quantitative estimate of drug-likeness (QED) is 0.875. The van der Waals surface area contributed by atoms with Crippen molar-refractivity contribution in [3.63, 3.8) is 0 Å². The van der Waals surface area contributed by atoms with Crippen molar-refractivity contribution in [3.05, 3.63) is 29.6 Å². The number of sulfonamides is 1. The van der Waals surface area contributed by atoms with E-state index in [1.165, 1.54) is 16.4 Å². The van der Waals surface area contributed by atoms with Crippen LogP contribution in [0, 0.1) is 11.7 Å². The maximum absolute atomic E-state index is 14.1. The zero-order chi connectivity index (χ0) is 14.9. The lowest BCUT2D eigenvalue weighted by Crippen LogP contribution is -2.36. The van der Waals surface area contributed by atoms with E-state index in [0.29, 0.717) is 12.1 Å². The molecule has 0 unspecified atom stereocenters. The Morgan fingerprint density at radius 2 is 2.05 bits per heavy atom. The van der Waals surface area contributed by atoms with Crippen LogP contribution in [0.1, 0.15) is 32.3 Å². The fraction of sp³-hybridized carbons (Fsp3) is 0.571. The summed E-state index contributed by atoms with van der Waals surface area (Å²) in [6, 6.07) is 4.11. The van der Waals surface area contributed by atoms with Crippen LogP contribution in [-0.4, -0.2) is 25.3 Å². The SMILES string of the molecule is CC(C)CN(C1CC1)S(=O)(=O)c1ccc(CN)cc1F. The van der Waals surface area contributed by atoms with E-state index in [-0.39, 0.29) is 23.4 Å². The Morgan fingerprint density at radius 1 is 1.40 bits per heavy atom. The zero-order valence-corrected chi connectivity index (χ0v) is 12.7. The van der Waals surface area contributed by atoms with Gasteiger partial charge in [0.15, 0.2) is 0 Å². The van der Waals surface area contributed by atoms with Gasteiger partial charge >= 0.3 is 0 Å². The Balaban J connectivity index is 2.37. The minimum absolute atomic E-state index is 0.0241. The van der Waals surface area contributed by atoms with Gasteiger partial charge in [-0.3, -0.25) is 0 Å². The van der Waals surface area contributed by atoms with Crippen molar-refractivity contribution < 1.29 is 12.8 Å². The van der Waals surface area contributed by atoms with E-state index in [2.05, 4.69) is 0 Å². The van der Waals surface area contributed by atoms with Crippen LogP contribution < -0.4 is 5.73 Å². The Bertz CT molecular complexity index is 583. The lowest BCUT2D eigenvalue weighted by molar-refractivity contribution is 0.358. The largest absolute Gasteiger partial charge is 0.326 e. The standard InChI is InChI=1S/C14H21FN2O2S/c1-10(2)9-17(12-4-5-12)20(18,19)14-6-3-11(8-16)7-13(14)15/h3,6-7,10,12H,4-5,8-9,16H2,1-2H3. The highest BCUT2D eigenvalue weighted by atomic mass is 32.2. The summed E-state index contributed by atoms with van der Waals surface area (Å²) in [5, 5.41) is 0. The van der Waals surface area contributed by atoms with Gasteiger partial charge in [0.25, 0.3) is 0 Å². The zero-order valence-electron chi connectivity index (χ0n) is 11.8. The highest BCUT2D eigenvalue weighted by Crippen LogP contribution is 2.33. The molecule has 1 aliphatic carbocycles. The van der Waals surface area contributed by atoms with Gasteiger partial charge in [-0.25, -0.2) is 12.8 Å². The third-order valence-electron chi connectivity index (χ3n) is 3.32. The molecule has 2 N–H and O–H groups in total. The molecule has 6 heteroatoms. The van der Waals surface area contributed by atoms with Gasteiger partial charge < -0.3 is 5.73 Å². The lowest BCUT2D eigenvalue weighted by atomic mass is 10.2. The van der Waals surface area contributed by atoms with Gasteiger partial charge in [-0.2, -0.15) is 4.31 Å². The Morgan fingerprint density at radius 3 is 2.50 bits per heavy atom. The van der Waals surface area contributed by atoms with Gasteiger partial charge in [0.2, 0.25) is 10.0 Å².